The number of non-ortho nitro benzene ring substituents is 2. The van der Waals surface area contributed by atoms with Crippen LogP contribution in [0.4, 0.5) is 11.4 Å². The Morgan fingerprint density at radius 1 is 0.800 bits per heavy atom. The van der Waals surface area contributed by atoms with Gasteiger partial charge in [0.05, 0.1) is 27.1 Å². The zero-order valence-electron chi connectivity index (χ0n) is 22.7. The van der Waals surface area contributed by atoms with E-state index in [4.69, 9.17) is 9.47 Å². The summed E-state index contributed by atoms with van der Waals surface area (Å²) in [6.45, 7) is 8.11. The maximum Gasteiger partial charge on any atom is 0.338 e. The highest BCUT2D eigenvalue weighted by molar-refractivity contribution is 5.90. The van der Waals surface area contributed by atoms with Crippen molar-refractivity contribution in [3.05, 3.63) is 79.9 Å². The van der Waals surface area contributed by atoms with Crippen molar-refractivity contribution in [2.45, 2.75) is 58.8 Å². The molecule has 4 bridgehead atoms. The minimum atomic E-state index is -0.780. The van der Waals surface area contributed by atoms with Crippen molar-refractivity contribution < 1.29 is 34.0 Å². The fourth-order valence-corrected chi connectivity index (χ4v) is 7.83. The van der Waals surface area contributed by atoms with Crippen molar-refractivity contribution >= 4 is 23.3 Å². The predicted octanol–water partition coefficient (Wildman–Crippen LogP) is 4.95. The lowest BCUT2D eigenvalue weighted by Gasteiger charge is -2.71. The van der Waals surface area contributed by atoms with Gasteiger partial charge in [-0.05, 0) is 53.9 Å². The van der Waals surface area contributed by atoms with Gasteiger partial charge < -0.3 is 14.6 Å². The van der Waals surface area contributed by atoms with Crippen LogP contribution in [-0.2, 0) is 9.47 Å². The van der Waals surface area contributed by atoms with Gasteiger partial charge in [-0.15, -0.1) is 0 Å². The second kappa shape index (κ2) is 9.65. The molecule has 7 rings (SSSR count). The van der Waals surface area contributed by atoms with Crippen LogP contribution >= 0.6 is 0 Å². The van der Waals surface area contributed by atoms with Crippen molar-refractivity contribution in [2.24, 2.45) is 34.5 Å². The molecule has 0 aliphatic heterocycles. The van der Waals surface area contributed by atoms with Crippen LogP contribution in [0.15, 0.2) is 48.5 Å². The van der Waals surface area contributed by atoms with Gasteiger partial charge in [-0.25, -0.2) is 9.59 Å². The minimum Gasteiger partial charge on any atom is -0.458 e. The van der Waals surface area contributed by atoms with Crippen LogP contribution in [-0.4, -0.2) is 45.2 Å². The first kappa shape index (κ1) is 27.7. The third kappa shape index (κ3) is 4.23. The summed E-state index contributed by atoms with van der Waals surface area (Å²) in [7, 11) is 0. The predicted molar refractivity (Wildman–Crippen MR) is 141 cm³/mol. The molecule has 5 aliphatic rings. The summed E-state index contributed by atoms with van der Waals surface area (Å²) in [6, 6.07) is 10.4. The fourth-order valence-electron chi connectivity index (χ4n) is 7.83. The molecule has 0 heterocycles. The fraction of sp³-hybridized carbons (Fsp3) is 0.517. The zero-order valence-corrected chi connectivity index (χ0v) is 22.7. The molecule has 11 heteroatoms. The number of fused-ring (bicyclic) bond motifs is 5. The third-order valence-electron chi connectivity index (χ3n) is 9.81. The van der Waals surface area contributed by atoms with E-state index in [9.17, 15) is 34.9 Å². The summed E-state index contributed by atoms with van der Waals surface area (Å²) in [4.78, 5) is 47.3. The Labute approximate surface area is 230 Å². The van der Waals surface area contributed by atoms with E-state index in [-0.39, 0.29) is 52.6 Å². The molecular weight excluding hydrogens is 520 g/mol. The first-order chi connectivity index (χ1) is 18.8. The highest BCUT2D eigenvalue weighted by atomic mass is 16.6. The largest absolute Gasteiger partial charge is 0.458 e. The molecule has 11 nitrogen and oxygen atoms in total. The first-order valence-electron chi connectivity index (χ1n) is 13.4. The molecule has 5 fully saturated rings. The number of rotatable bonds is 6. The van der Waals surface area contributed by atoms with E-state index in [1.165, 1.54) is 48.5 Å². The number of carbonyl (C=O) groups excluding carboxylic acids is 2. The summed E-state index contributed by atoms with van der Waals surface area (Å²) in [6.07, 6.45) is -1.15. The Morgan fingerprint density at radius 3 is 1.75 bits per heavy atom. The number of esters is 2. The van der Waals surface area contributed by atoms with Gasteiger partial charge in [-0.3, -0.25) is 20.2 Å². The Balaban J connectivity index is 1.43. The SMILES string of the molecule is C[C@H]1C[C@@H](OC(=O)c2ccc([N+](=O)[O-])cc2)[C@@H]2[C@@H]3[C@H]1[C@@]2(C)[C@H](OC(=O)c1ccc([N+](=O)[O-])cc1)C[C@@H](O)C3(C)C. The van der Waals surface area contributed by atoms with E-state index in [1.54, 1.807) is 0 Å². The average Bonchev–Trinajstić information content (AvgIpc) is 3.00. The number of carbonyl (C=O) groups is 2. The molecule has 8 atom stereocenters. The smallest absolute Gasteiger partial charge is 0.338 e. The van der Waals surface area contributed by atoms with Gasteiger partial charge in [0, 0.05) is 42.0 Å². The summed E-state index contributed by atoms with van der Waals surface area (Å²) in [5, 5.41) is 33.3. The summed E-state index contributed by atoms with van der Waals surface area (Å²) in [5.74, 6) is -1.21. The van der Waals surface area contributed by atoms with E-state index in [2.05, 4.69) is 6.92 Å². The van der Waals surface area contributed by atoms with Crippen LogP contribution in [0.25, 0.3) is 0 Å². The van der Waals surface area contributed by atoms with Gasteiger partial charge in [-0.1, -0.05) is 27.7 Å². The molecule has 0 saturated heterocycles. The monoisotopic (exact) mass is 552 g/mol. The quantitative estimate of drug-likeness (QED) is 0.297. The molecule has 0 spiro atoms. The van der Waals surface area contributed by atoms with E-state index in [0.717, 1.165) is 0 Å². The number of hydrogen-bond acceptors (Lipinski definition) is 9. The second-order valence-corrected chi connectivity index (χ2v) is 12.2. The number of aliphatic hydroxyl groups excluding tert-OH is 1. The maximum atomic E-state index is 13.2. The van der Waals surface area contributed by atoms with Gasteiger partial charge in [0.2, 0.25) is 0 Å². The van der Waals surface area contributed by atoms with E-state index < -0.39 is 50.9 Å². The number of nitrogens with zero attached hydrogens (tertiary/aromatic N) is 2. The van der Waals surface area contributed by atoms with E-state index in [1.807, 2.05) is 20.8 Å². The van der Waals surface area contributed by atoms with Crippen LogP contribution in [0.5, 0.6) is 0 Å². The zero-order chi connectivity index (χ0) is 29.1. The van der Waals surface area contributed by atoms with Gasteiger partial charge in [0.25, 0.3) is 11.4 Å². The Kier molecular flexibility index (Phi) is 6.68. The topological polar surface area (TPSA) is 159 Å². The van der Waals surface area contributed by atoms with Crippen molar-refractivity contribution in [2.75, 3.05) is 0 Å². The maximum absolute atomic E-state index is 13.2. The third-order valence-corrected chi connectivity index (χ3v) is 9.81. The Bertz CT molecular complexity index is 1360. The molecule has 2 aromatic rings. The van der Waals surface area contributed by atoms with Crippen LogP contribution in [0.3, 0.4) is 0 Å². The molecule has 5 aliphatic carbocycles. The van der Waals surface area contributed by atoms with Crippen molar-refractivity contribution in [3.8, 4) is 0 Å². The van der Waals surface area contributed by atoms with Gasteiger partial charge in [-0.2, -0.15) is 0 Å². The molecular formula is C29H32N2O9. The average molecular weight is 553 g/mol. The second-order valence-electron chi connectivity index (χ2n) is 12.2. The lowest BCUT2D eigenvalue weighted by molar-refractivity contribution is -0.385. The molecule has 0 radical (unpaired) electrons. The first-order valence-corrected chi connectivity index (χ1v) is 13.4. The molecule has 0 amide bonds. The Hall–Kier alpha value is -3.86. The number of benzene rings is 2. The highest BCUT2D eigenvalue weighted by Gasteiger charge is 2.75. The molecule has 2 aromatic carbocycles. The van der Waals surface area contributed by atoms with Crippen LogP contribution in [0.1, 0.15) is 61.3 Å². The number of ether oxygens (including phenoxy) is 2. The van der Waals surface area contributed by atoms with E-state index >= 15 is 0 Å². The van der Waals surface area contributed by atoms with E-state index in [0.29, 0.717) is 6.42 Å². The highest BCUT2D eigenvalue weighted by Crippen LogP contribution is 2.74. The van der Waals surface area contributed by atoms with Crippen LogP contribution in [0, 0.1) is 54.7 Å². The Morgan fingerprint density at radius 2 is 1.27 bits per heavy atom. The molecule has 1 N–H and O–H groups in total. The summed E-state index contributed by atoms with van der Waals surface area (Å²) < 4.78 is 12.1. The molecule has 5 saturated carbocycles. The lowest BCUT2D eigenvalue weighted by Crippen LogP contribution is -2.72. The molecule has 0 unspecified atom stereocenters. The molecule has 40 heavy (non-hydrogen) atoms. The standard InChI is InChI=1S/C29H32N2O9/c1-15-13-20(39-26(33)16-5-9-18(10-6-16)30(35)36)24-25-23(15)29(24,4)22(14-21(32)28(25,2)3)40-27(34)17-7-11-19(12-8-17)31(37)38/h5-12,15,20-25,32H,13-14H2,1-4H3/t15-,20+,21+,22+,23-,24+,25-,29+/m0/s1. The molecule has 212 valence electrons. The number of nitro benzene ring substituents is 2. The number of aliphatic hydroxyl groups is 1. The number of hydrogen-bond donors (Lipinski definition) is 1. The normalized spacial score (nSPS) is 33.6. The van der Waals surface area contributed by atoms with Gasteiger partial charge in [0.1, 0.15) is 12.2 Å². The van der Waals surface area contributed by atoms with Crippen LogP contribution < -0.4 is 0 Å². The van der Waals surface area contributed by atoms with Gasteiger partial charge in [0.15, 0.2) is 0 Å². The van der Waals surface area contributed by atoms with Crippen molar-refractivity contribution in [1.29, 1.82) is 0 Å². The summed E-state index contributed by atoms with van der Waals surface area (Å²) in [5.41, 5.74) is -1.03. The van der Waals surface area contributed by atoms with Crippen molar-refractivity contribution in [3.63, 3.8) is 0 Å². The minimum absolute atomic E-state index is 0.00832. The lowest BCUT2D eigenvalue weighted by atomic mass is 9.35. The van der Waals surface area contributed by atoms with Crippen molar-refractivity contribution in [1.82, 2.24) is 0 Å². The molecule has 0 aromatic heterocycles. The van der Waals surface area contributed by atoms with Gasteiger partial charge >= 0.3 is 11.9 Å². The number of nitro groups is 2. The van der Waals surface area contributed by atoms with Crippen LogP contribution in [0.2, 0.25) is 0 Å². The summed E-state index contributed by atoms with van der Waals surface area (Å²) >= 11 is 0.